The molecule has 0 radical (unpaired) electrons. The summed E-state index contributed by atoms with van der Waals surface area (Å²) in [6.45, 7) is 4.05. The lowest BCUT2D eigenvalue weighted by Gasteiger charge is -2.22. The molecule has 2 aromatic rings. The number of hydrogen-bond acceptors (Lipinski definition) is 4. The molecule has 2 aromatic carbocycles. The standard InChI is InChI=1S/C25H28N4O4/c1-3-5-17-7-9-18(10-8-17)25(2)23(32)29(24(33)27-25)16-21(30)26-19-11-13-20(14-12-19)28-15-4-6-22(28)31/h7-14H,3-6,15-16H2,1-2H3,(H,26,30)(H,27,33). The first-order valence-corrected chi connectivity index (χ1v) is 11.3. The number of carbonyl (C=O) groups excluding carboxylic acids is 4. The Bertz CT molecular complexity index is 1080. The molecule has 4 rings (SSSR count). The molecule has 2 heterocycles. The van der Waals surface area contributed by atoms with Crippen LogP contribution in [0, 0.1) is 0 Å². The van der Waals surface area contributed by atoms with Crippen LogP contribution in [0.3, 0.4) is 0 Å². The van der Waals surface area contributed by atoms with Gasteiger partial charge in [0.15, 0.2) is 0 Å². The number of nitrogens with zero attached hydrogens (tertiary/aromatic N) is 2. The molecule has 2 fully saturated rings. The summed E-state index contributed by atoms with van der Waals surface area (Å²) in [5.74, 6) is -0.853. The van der Waals surface area contributed by atoms with E-state index in [1.165, 1.54) is 0 Å². The van der Waals surface area contributed by atoms with Crippen LogP contribution >= 0.6 is 0 Å². The maximum absolute atomic E-state index is 13.1. The number of rotatable bonds is 7. The summed E-state index contributed by atoms with van der Waals surface area (Å²) in [5.41, 5.74) is 1.93. The minimum absolute atomic E-state index is 0.0911. The van der Waals surface area contributed by atoms with E-state index in [0.29, 0.717) is 24.2 Å². The van der Waals surface area contributed by atoms with Crippen molar-refractivity contribution in [3.8, 4) is 0 Å². The molecule has 2 saturated heterocycles. The highest BCUT2D eigenvalue weighted by Gasteiger charge is 2.49. The number of hydrogen-bond donors (Lipinski definition) is 2. The van der Waals surface area contributed by atoms with E-state index >= 15 is 0 Å². The van der Waals surface area contributed by atoms with Crippen LogP contribution in [0.1, 0.15) is 44.2 Å². The Hall–Kier alpha value is -3.68. The van der Waals surface area contributed by atoms with Gasteiger partial charge in [0.2, 0.25) is 11.8 Å². The molecule has 0 aliphatic carbocycles. The highest BCUT2D eigenvalue weighted by molar-refractivity contribution is 6.10. The van der Waals surface area contributed by atoms with Gasteiger partial charge in [-0.2, -0.15) is 0 Å². The normalized spacial score (nSPS) is 20.4. The molecular formula is C25H28N4O4. The molecule has 2 aliphatic rings. The number of urea groups is 1. The summed E-state index contributed by atoms with van der Waals surface area (Å²) in [6.07, 6.45) is 3.35. The molecule has 2 aliphatic heterocycles. The molecule has 1 atom stereocenters. The van der Waals surface area contributed by atoms with E-state index in [0.717, 1.165) is 35.4 Å². The van der Waals surface area contributed by atoms with E-state index in [9.17, 15) is 19.2 Å². The van der Waals surface area contributed by atoms with Gasteiger partial charge in [-0.15, -0.1) is 0 Å². The zero-order valence-electron chi connectivity index (χ0n) is 18.9. The van der Waals surface area contributed by atoms with E-state index in [1.54, 1.807) is 36.1 Å². The van der Waals surface area contributed by atoms with Gasteiger partial charge in [-0.05, 0) is 55.2 Å². The summed E-state index contributed by atoms with van der Waals surface area (Å²) < 4.78 is 0. The van der Waals surface area contributed by atoms with Gasteiger partial charge in [-0.3, -0.25) is 19.3 Å². The number of imide groups is 1. The maximum atomic E-state index is 13.1. The Morgan fingerprint density at radius 1 is 1.06 bits per heavy atom. The third kappa shape index (κ3) is 4.46. The lowest BCUT2D eigenvalue weighted by atomic mass is 9.91. The number of benzene rings is 2. The van der Waals surface area contributed by atoms with Crippen molar-refractivity contribution < 1.29 is 19.2 Å². The highest BCUT2D eigenvalue weighted by Crippen LogP contribution is 2.29. The van der Waals surface area contributed by atoms with Gasteiger partial charge in [0, 0.05) is 24.3 Å². The summed E-state index contributed by atoms with van der Waals surface area (Å²) in [4.78, 5) is 52.7. The first-order chi connectivity index (χ1) is 15.8. The third-order valence-electron chi connectivity index (χ3n) is 6.18. The van der Waals surface area contributed by atoms with E-state index in [4.69, 9.17) is 0 Å². The van der Waals surface area contributed by atoms with Crippen molar-refractivity contribution in [3.63, 3.8) is 0 Å². The SMILES string of the molecule is CCCc1ccc(C2(C)NC(=O)N(CC(=O)Nc3ccc(N4CCCC4=O)cc3)C2=O)cc1. The number of aryl methyl sites for hydroxylation is 1. The molecule has 1 unspecified atom stereocenters. The molecular weight excluding hydrogens is 420 g/mol. The Labute approximate surface area is 192 Å². The van der Waals surface area contributed by atoms with E-state index in [-0.39, 0.29) is 12.5 Å². The Kier molecular flexibility index (Phi) is 6.18. The first-order valence-electron chi connectivity index (χ1n) is 11.3. The molecule has 0 bridgehead atoms. The minimum atomic E-state index is -1.22. The smallest absolute Gasteiger partial charge is 0.325 e. The van der Waals surface area contributed by atoms with Crippen molar-refractivity contribution >= 4 is 35.1 Å². The van der Waals surface area contributed by atoms with Crippen LogP contribution in [0.5, 0.6) is 0 Å². The van der Waals surface area contributed by atoms with E-state index in [2.05, 4.69) is 17.6 Å². The zero-order valence-corrected chi connectivity index (χ0v) is 18.9. The fourth-order valence-electron chi connectivity index (χ4n) is 4.32. The zero-order chi connectivity index (χ0) is 23.6. The van der Waals surface area contributed by atoms with Crippen LogP contribution in [-0.4, -0.2) is 41.7 Å². The monoisotopic (exact) mass is 448 g/mol. The van der Waals surface area contributed by atoms with E-state index in [1.807, 2.05) is 24.3 Å². The van der Waals surface area contributed by atoms with Gasteiger partial charge in [-0.25, -0.2) is 4.79 Å². The molecule has 5 amide bonds. The summed E-state index contributed by atoms with van der Waals surface area (Å²) in [6, 6.07) is 13.9. The van der Waals surface area contributed by atoms with Gasteiger partial charge in [0.1, 0.15) is 12.1 Å². The Morgan fingerprint density at radius 2 is 1.76 bits per heavy atom. The van der Waals surface area contributed by atoms with Gasteiger partial charge in [-0.1, -0.05) is 37.6 Å². The minimum Gasteiger partial charge on any atom is -0.325 e. The van der Waals surface area contributed by atoms with E-state index < -0.39 is 23.4 Å². The fourth-order valence-corrected chi connectivity index (χ4v) is 4.32. The molecule has 8 nitrogen and oxygen atoms in total. The molecule has 33 heavy (non-hydrogen) atoms. The maximum Gasteiger partial charge on any atom is 0.325 e. The molecule has 0 saturated carbocycles. The van der Waals surface area contributed by atoms with Gasteiger partial charge < -0.3 is 15.5 Å². The predicted octanol–water partition coefficient (Wildman–Crippen LogP) is 3.17. The molecule has 172 valence electrons. The second kappa shape index (κ2) is 9.05. The lowest BCUT2D eigenvalue weighted by molar-refractivity contribution is -0.133. The predicted molar refractivity (Wildman–Crippen MR) is 125 cm³/mol. The highest BCUT2D eigenvalue weighted by atomic mass is 16.2. The largest absolute Gasteiger partial charge is 0.325 e. The average molecular weight is 449 g/mol. The molecule has 0 aromatic heterocycles. The van der Waals surface area contributed by atoms with Gasteiger partial charge >= 0.3 is 6.03 Å². The van der Waals surface area contributed by atoms with Crippen molar-refractivity contribution in [2.24, 2.45) is 0 Å². The summed E-state index contributed by atoms with van der Waals surface area (Å²) in [5, 5.41) is 5.44. The van der Waals surface area contributed by atoms with Crippen molar-refractivity contribution in [2.45, 2.75) is 45.1 Å². The molecule has 8 heteroatoms. The Morgan fingerprint density at radius 3 is 2.36 bits per heavy atom. The molecule has 0 spiro atoms. The topological polar surface area (TPSA) is 98.8 Å². The Balaban J connectivity index is 1.40. The van der Waals surface area contributed by atoms with Crippen molar-refractivity contribution in [1.29, 1.82) is 0 Å². The molecule has 2 N–H and O–H groups in total. The number of carbonyl (C=O) groups is 4. The average Bonchev–Trinajstić information content (AvgIpc) is 3.32. The summed E-state index contributed by atoms with van der Waals surface area (Å²) in [7, 11) is 0. The quantitative estimate of drug-likeness (QED) is 0.636. The second-order valence-electron chi connectivity index (χ2n) is 8.64. The first kappa shape index (κ1) is 22.5. The second-order valence-corrected chi connectivity index (χ2v) is 8.64. The summed E-state index contributed by atoms with van der Waals surface area (Å²) >= 11 is 0. The van der Waals surface area contributed by atoms with Crippen molar-refractivity contribution in [2.75, 3.05) is 23.3 Å². The van der Waals surface area contributed by atoms with Gasteiger partial charge in [0.25, 0.3) is 5.91 Å². The van der Waals surface area contributed by atoms with Crippen LogP contribution in [0.4, 0.5) is 16.2 Å². The number of nitrogens with one attached hydrogen (secondary N) is 2. The number of anilines is 2. The van der Waals surface area contributed by atoms with Crippen molar-refractivity contribution in [1.82, 2.24) is 10.2 Å². The van der Waals surface area contributed by atoms with Crippen LogP contribution < -0.4 is 15.5 Å². The van der Waals surface area contributed by atoms with Crippen LogP contribution in [-0.2, 0) is 26.3 Å². The van der Waals surface area contributed by atoms with Crippen LogP contribution in [0.2, 0.25) is 0 Å². The lowest BCUT2D eigenvalue weighted by Crippen LogP contribution is -2.42. The van der Waals surface area contributed by atoms with Gasteiger partial charge in [0.05, 0.1) is 0 Å². The fraction of sp³-hybridized carbons (Fsp3) is 0.360. The van der Waals surface area contributed by atoms with Crippen LogP contribution in [0.25, 0.3) is 0 Å². The third-order valence-corrected chi connectivity index (χ3v) is 6.18. The number of amides is 5. The van der Waals surface area contributed by atoms with Crippen molar-refractivity contribution in [3.05, 3.63) is 59.7 Å². The van der Waals surface area contributed by atoms with Crippen LogP contribution in [0.15, 0.2) is 48.5 Å².